The number of likely N-dealkylation sites (N-methyl/N-ethyl adjacent to an activating group) is 1. The van der Waals surface area contributed by atoms with Gasteiger partial charge in [-0.25, -0.2) is 9.97 Å². The molecule has 6 nitrogen and oxygen atoms in total. The molecule has 0 bridgehead atoms. The summed E-state index contributed by atoms with van der Waals surface area (Å²) in [6, 6.07) is 6.01. The van der Waals surface area contributed by atoms with E-state index in [0.717, 1.165) is 65.3 Å². The fraction of sp³-hybridized carbons (Fsp3) is 0.435. The number of aliphatic hydroxyl groups excluding tert-OH is 1. The molecule has 6 heteroatoms. The highest BCUT2D eigenvalue weighted by atomic mass is 16.5. The van der Waals surface area contributed by atoms with Crippen LogP contribution in [0, 0.1) is 13.8 Å². The Morgan fingerprint density at radius 1 is 1.21 bits per heavy atom. The van der Waals surface area contributed by atoms with Gasteiger partial charge in [-0.2, -0.15) is 0 Å². The summed E-state index contributed by atoms with van der Waals surface area (Å²) in [7, 11) is 3.82. The number of aromatic nitrogens is 3. The first-order valence-electron chi connectivity index (χ1n) is 10.1. The highest BCUT2D eigenvalue weighted by molar-refractivity contribution is 5.81. The van der Waals surface area contributed by atoms with Crippen LogP contribution in [0.4, 0.5) is 0 Å². The summed E-state index contributed by atoms with van der Waals surface area (Å²) < 4.78 is 5.63. The minimum atomic E-state index is -0.112. The van der Waals surface area contributed by atoms with E-state index in [2.05, 4.69) is 29.9 Å². The van der Waals surface area contributed by atoms with Crippen molar-refractivity contribution in [3.05, 3.63) is 46.8 Å². The van der Waals surface area contributed by atoms with Crippen LogP contribution in [0.2, 0.25) is 0 Å². The SMILES string of the molecule is COc1cc(C)cc(C)c1-c1cc(CO)c2ncc([C@@H]3CCCN(C)C3)nc2n1. The highest BCUT2D eigenvalue weighted by Gasteiger charge is 2.22. The molecule has 152 valence electrons. The first kappa shape index (κ1) is 19.7. The van der Waals surface area contributed by atoms with Crippen LogP contribution in [0.15, 0.2) is 24.4 Å². The minimum Gasteiger partial charge on any atom is -0.496 e. The van der Waals surface area contributed by atoms with Crippen molar-refractivity contribution in [2.24, 2.45) is 0 Å². The van der Waals surface area contributed by atoms with Crippen LogP contribution < -0.4 is 4.74 Å². The Morgan fingerprint density at radius 2 is 2.03 bits per heavy atom. The van der Waals surface area contributed by atoms with E-state index in [1.807, 2.05) is 25.3 Å². The molecule has 1 aliphatic rings. The number of pyridine rings is 1. The number of rotatable bonds is 4. The van der Waals surface area contributed by atoms with Crippen molar-refractivity contribution in [1.82, 2.24) is 19.9 Å². The molecular formula is C23H28N4O2. The summed E-state index contributed by atoms with van der Waals surface area (Å²) in [6.07, 6.45) is 4.13. The minimum absolute atomic E-state index is 0.112. The van der Waals surface area contributed by atoms with Crippen molar-refractivity contribution in [3.63, 3.8) is 0 Å². The summed E-state index contributed by atoms with van der Waals surface area (Å²) in [4.78, 5) is 16.7. The molecule has 1 fully saturated rings. The lowest BCUT2D eigenvalue weighted by atomic mass is 9.95. The molecule has 1 aliphatic heterocycles. The quantitative estimate of drug-likeness (QED) is 0.731. The Bertz CT molecular complexity index is 1050. The van der Waals surface area contributed by atoms with Crippen molar-refractivity contribution in [1.29, 1.82) is 0 Å². The van der Waals surface area contributed by atoms with Crippen molar-refractivity contribution < 1.29 is 9.84 Å². The predicted octanol–water partition coefficient (Wildman–Crippen LogP) is 3.62. The van der Waals surface area contributed by atoms with Crippen molar-refractivity contribution in [2.45, 2.75) is 39.2 Å². The summed E-state index contributed by atoms with van der Waals surface area (Å²) in [6.45, 7) is 6.10. The predicted molar refractivity (Wildman–Crippen MR) is 114 cm³/mol. The van der Waals surface area contributed by atoms with Gasteiger partial charge in [-0.3, -0.25) is 4.98 Å². The van der Waals surface area contributed by atoms with Crippen LogP contribution >= 0.6 is 0 Å². The van der Waals surface area contributed by atoms with E-state index in [-0.39, 0.29) is 6.61 Å². The van der Waals surface area contributed by atoms with Crippen LogP contribution in [0.3, 0.4) is 0 Å². The zero-order valence-corrected chi connectivity index (χ0v) is 17.6. The van der Waals surface area contributed by atoms with Gasteiger partial charge in [0.1, 0.15) is 11.3 Å². The van der Waals surface area contributed by atoms with Gasteiger partial charge in [0.15, 0.2) is 5.65 Å². The molecule has 1 atom stereocenters. The molecule has 1 saturated heterocycles. The number of nitrogens with zero attached hydrogens (tertiary/aromatic N) is 4. The molecule has 3 heterocycles. The van der Waals surface area contributed by atoms with Crippen LogP contribution in [-0.2, 0) is 6.61 Å². The lowest BCUT2D eigenvalue weighted by molar-refractivity contribution is 0.248. The second-order valence-corrected chi connectivity index (χ2v) is 8.05. The van der Waals surface area contributed by atoms with Gasteiger partial charge in [0, 0.05) is 29.8 Å². The number of likely N-dealkylation sites (tertiary alicyclic amines) is 1. The smallest absolute Gasteiger partial charge is 0.179 e. The largest absolute Gasteiger partial charge is 0.496 e. The first-order valence-corrected chi connectivity index (χ1v) is 10.1. The number of hydrogen-bond acceptors (Lipinski definition) is 6. The zero-order valence-electron chi connectivity index (χ0n) is 17.6. The Balaban J connectivity index is 1.86. The summed E-state index contributed by atoms with van der Waals surface area (Å²) in [5.74, 6) is 1.14. The number of hydrogen-bond donors (Lipinski definition) is 1. The van der Waals surface area contributed by atoms with Gasteiger partial charge in [0.25, 0.3) is 0 Å². The van der Waals surface area contributed by atoms with Gasteiger partial charge in [0.2, 0.25) is 0 Å². The van der Waals surface area contributed by atoms with E-state index < -0.39 is 0 Å². The summed E-state index contributed by atoms with van der Waals surface area (Å²) in [5.41, 5.74) is 6.84. The monoisotopic (exact) mass is 392 g/mol. The molecule has 1 aromatic carbocycles. The molecule has 1 N–H and O–H groups in total. The van der Waals surface area contributed by atoms with Crippen molar-refractivity contribution >= 4 is 11.2 Å². The number of methoxy groups -OCH3 is 1. The van der Waals surface area contributed by atoms with E-state index in [0.29, 0.717) is 17.1 Å². The van der Waals surface area contributed by atoms with Gasteiger partial charge in [-0.15, -0.1) is 0 Å². The van der Waals surface area contributed by atoms with Gasteiger partial charge >= 0.3 is 0 Å². The zero-order chi connectivity index (χ0) is 20.5. The lowest BCUT2D eigenvalue weighted by Gasteiger charge is -2.29. The molecule has 2 aromatic heterocycles. The maximum Gasteiger partial charge on any atom is 0.179 e. The fourth-order valence-electron chi connectivity index (χ4n) is 4.35. The molecule has 4 rings (SSSR count). The number of piperidine rings is 1. The van der Waals surface area contributed by atoms with Crippen LogP contribution in [-0.4, -0.2) is 52.2 Å². The molecule has 3 aromatic rings. The third kappa shape index (κ3) is 3.82. The Kier molecular flexibility index (Phi) is 5.48. The molecule has 0 radical (unpaired) electrons. The van der Waals surface area contributed by atoms with Crippen molar-refractivity contribution in [3.8, 4) is 17.0 Å². The standard InChI is InChI=1S/C23H28N4O2/c1-14-8-15(2)21(20(9-14)29-4)18-10-17(13-28)22-23(25-18)26-19(11-24-22)16-6-5-7-27(3)12-16/h8-11,16,28H,5-7,12-13H2,1-4H3/t16-/m1/s1. The average Bonchev–Trinajstić information content (AvgIpc) is 2.71. The second kappa shape index (κ2) is 8.05. The number of ether oxygens (including phenoxy) is 1. The Labute approximate surface area is 171 Å². The molecule has 29 heavy (non-hydrogen) atoms. The van der Waals surface area contributed by atoms with Crippen molar-refractivity contribution in [2.75, 3.05) is 27.2 Å². The summed E-state index contributed by atoms with van der Waals surface area (Å²) >= 11 is 0. The first-order chi connectivity index (χ1) is 14.0. The fourth-order valence-corrected chi connectivity index (χ4v) is 4.35. The third-order valence-electron chi connectivity index (χ3n) is 5.75. The number of benzene rings is 1. The molecular weight excluding hydrogens is 364 g/mol. The number of aryl methyl sites for hydroxylation is 2. The second-order valence-electron chi connectivity index (χ2n) is 8.05. The average molecular weight is 393 g/mol. The molecule has 0 unspecified atom stereocenters. The molecule has 0 amide bonds. The van der Waals surface area contributed by atoms with E-state index >= 15 is 0 Å². The van der Waals surface area contributed by atoms with E-state index in [1.54, 1.807) is 7.11 Å². The number of fused-ring (bicyclic) bond motifs is 1. The lowest BCUT2D eigenvalue weighted by Crippen LogP contribution is -2.31. The maximum absolute atomic E-state index is 9.97. The normalized spacial score (nSPS) is 17.6. The molecule has 0 spiro atoms. The van der Waals surface area contributed by atoms with E-state index in [4.69, 9.17) is 14.7 Å². The van der Waals surface area contributed by atoms with E-state index in [1.165, 1.54) is 0 Å². The number of aliphatic hydroxyl groups is 1. The summed E-state index contributed by atoms with van der Waals surface area (Å²) in [5, 5.41) is 9.97. The Morgan fingerprint density at radius 3 is 2.76 bits per heavy atom. The van der Waals surface area contributed by atoms with Gasteiger partial charge in [0.05, 0.1) is 25.1 Å². The maximum atomic E-state index is 9.97. The van der Waals surface area contributed by atoms with Gasteiger partial charge < -0.3 is 14.7 Å². The topological polar surface area (TPSA) is 71.4 Å². The molecule has 0 aliphatic carbocycles. The highest BCUT2D eigenvalue weighted by Crippen LogP contribution is 2.35. The van der Waals surface area contributed by atoms with Crippen LogP contribution in [0.5, 0.6) is 5.75 Å². The Hall–Kier alpha value is -2.57. The van der Waals surface area contributed by atoms with Crippen LogP contribution in [0.25, 0.3) is 22.4 Å². The third-order valence-corrected chi connectivity index (χ3v) is 5.75. The van der Waals surface area contributed by atoms with Gasteiger partial charge in [-0.05, 0) is 63.5 Å². The van der Waals surface area contributed by atoms with Crippen LogP contribution in [0.1, 0.15) is 41.1 Å². The molecule has 0 saturated carbocycles. The van der Waals surface area contributed by atoms with Gasteiger partial charge in [-0.1, -0.05) is 6.07 Å². The van der Waals surface area contributed by atoms with E-state index in [9.17, 15) is 5.11 Å².